The van der Waals surface area contributed by atoms with Crippen molar-refractivity contribution in [1.29, 1.82) is 0 Å². The van der Waals surface area contributed by atoms with Gasteiger partial charge in [-0.2, -0.15) is 0 Å². The lowest BCUT2D eigenvalue weighted by Crippen LogP contribution is -2.42. The molecule has 2 nitrogen and oxygen atoms in total. The van der Waals surface area contributed by atoms with E-state index in [0.717, 1.165) is 5.56 Å². The quantitative estimate of drug-likeness (QED) is 0.721. The van der Waals surface area contributed by atoms with Gasteiger partial charge in [-0.3, -0.25) is 0 Å². The maximum Gasteiger partial charge on any atom is 0.0661 e. The van der Waals surface area contributed by atoms with Crippen molar-refractivity contribution in [3.05, 3.63) is 48.0 Å². The fourth-order valence-corrected chi connectivity index (χ4v) is 2.60. The Morgan fingerprint density at radius 3 is 2.10 bits per heavy atom. The molecule has 1 radical (unpaired) electrons. The lowest BCUT2D eigenvalue weighted by Gasteiger charge is -2.36. The van der Waals surface area contributed by atoms with Gasteiger partial charge in [-0.1, -0.05) is 50.2 Å². The van der Waals surface area contributed by atoms with Crippen molar-refractivity contribution in [2.75, 3.05) is 0 Å². The van der Waals surface area contributed by atoms with Crippen molar-refractivity contribution in [2.45, 2.75) is 46.2 Å². The maximum atomic E-state index is 12.7. The molecule has 0 N–H and O–H groups in total. The highest BCUT2D eigenvalue weighted by molar-refractivity contribution is 5.83. The summed E-state index contributed by atoms with van der Waals surface area (Å²) >= 11 is 0. The highest BCUT2D eigenvalue weighted by Gasteiger charge is 2.32. The van der Waals surface area contributed by atoms with Gasteiger partial charge < -0.3 is 0 Å². The number of hydrogen-bond donors (Lipinski definition) is 0. The predicted octanol–water partition coefficient (Wildman–Crippen LogP) is 4.98. The van der Waals surface area contributed by atoms with Crippen molar-refractivity contribution in [3.8, 4) is 0 Å². The van der Waals surface area contributed by atoms with Gasteiger partial charge in [0.25, 0.3) is 0 Å². The molecule has 0 saturated heterocycles. The molecule has 0 aliphatic heterocycles. The first kappa shape index (κ1) is 15.0. The van der Waals surface area contributed by atoms with Crippen molar-refractivity contribution in [1.82, 2.24) is 5.06 Å². The molecule has 0 heterocycles. The zero-order chi connectivity index (χ0) is 14.9. The van der Waals surface area contributed by atoms with Gasteiger partial charge in [0.05, 0.1) is 6.04 Å². The first-order valence-electron chi connectivity index (χ1n) is 7.26. The van der Waals surface area contributed by atoms with Crippen LogP contribution in [0.3, 0.4) is 0 Å². The monoisotopic (exact) mass is 270 g/mol. The minimum absolute atomic E-state index is 0.111. The largest absolute Gasteiger partial charge is 0.142 e. The van der Waals surface area contributed by atoms with Crippen LogP contribution in [0.4, 0.5) is 0 Å². The van der Waals surface area contributed by atoms with E-state index in [1.54, 1.807) is 0 Å². The van der Waals surface area contributed by atoms with Crippen LogP contribution < -0.4 is 0 Å². The fourth-order valence-electron chi connectivity index (χ4n) is 2.60. The third-order valence-electron chi connectivity index (χ3n) is 3.66. The van der Waals surface area contributed by atoms with E-state index < -0.39 is 0 Å². The summed E-state index contributed by atoms with van der Waals surface area (Å²) in [6.07, 6.45) is 0. The second-order valence-corrected chi connectivity index (χ2v) is 6.79. The van der Waals surface area contributed by atoms with E-state index in [4.69, 9.17) is 0 Å². The number of fused-ring (bicyclic) bond motifs is 1. The van der Waals surface area contributed by atoms with Crippen LogP contribution in [-0.2, 0) is 5.21 Å². The molecule has 0 aliphatic rings. The third-order valence-corrected chi connectivity index (χ3v) is 3.66. The normalized spacial score (nSPS) is 14.2. The summed E-state index contributed by atoms with van der Waals surface area (Å²) in [6, 6.07) is 14.5. The molecule has 1 atom stereocenters. The van der Waals surface area contributed by atoms with E-state index in [1.165, 1.54) is 15.8 Å². The van der Waals surface area contributed by atoms with Crippen LogP contribution in [0.15, 0.2) is 42.5 Å². The molecule has 2 heteroatoms. The van der Waals surface area contributed by atoms with Crippen LogP contribution in [0.5, 0.6) is 0 Å². The van der Waals surface area contributed by atoms with Gasteiger partial charge in [0.15, 0.2) is 0 Å². The summed E-state index contributed by atoms with van der Waals surface area (Å²) in [6.45, 7) is 10.1. The Kier molecular flexibility index (Phi) is 4.17. The number of hydrogen-bond acceptors (Lipinski definition) is 1. The topological polar surface area (TPSA) is 23.1 Å². The molecule has 1 unspecified atom stereocenters. The Balaban J connectivity index is 2.47. The minimum Gasteiger partial charge on any atom is -0.142 e. The van der Waals surface area contributed by atoms with Gasteiger partial charge in [-0.05, 0) is 49.1 Å². The summed E-state index contributed by atoms with van der Waals surface area (Å²) in [4.78, 5) is 0. The second-order valence-electron chi connectivity index (χ2n) is 6.79. The van der Waals surface area contributed by atoms with E-state index in [2.05, 4.69) is 44.2 Å². The second kappa shape index (κ2) is 5.55. The standard InChI is InChI=1S/C18H24NO/c1-13(2)17(19(20)18(3,4)5)16-11-10-14-8-6-7-9-15(14)12-16/h6-13,17H,1-5H3. The molecular weight excluding hydrogens is 246 g/mol. The van der Waals surface area contributed by atoms with Gasteiger partial charge in [0.2, 0.25) is 0 Å². The van der Waals surface area contributed by atoms with Crippen LogP contribution in [0.1, 0.15) is 46.2 Å². The molecule has 0 saturated carbocycles. The Bertz CT molecular complexity index is 583. The van der Waals surface area contributed by atoms with Crippen LogP contribution in [0, 0.1) is 5.92 Å². The third kappa shape index (κ3) is 3.02. The zero-order valence-corrected chi connectivity index (χ0v) is 13.1. The Hall–Kier alpha value is -1.38. The van der Waals surface area contributed by atoms with Gasteiger partial charge in [-0.15, -0.1) is 10.3 Å². The van der Waals surface area contributed by atoms with E-state index in [-0.39, 0.29) is 17.5 Å². The molecule has 20 heavy (non-hydrogen) atoms. The lowest BCUT2D eigenvalue weighted by molar-refractivity contribution is -0.250. The molecule has 2 aromatic rings. The molecule has 2 rings (SSSR count). The average Bonchev–Trinajstić information content (AvgIpc) is 2.37. The summed E-state index contributed by atoms with van der Waals surface area (Å²) < 4.78 is 0. The first-order valence-corrected chi connectivity index (χ1v) is 7.26. The van der Waals surface area contributed by atoms with Crippen molar-refractivity contribution in [2.24, 2.45) is 5.92 Å². The molecule has 0 bridgehead atoms. The highest BCUT2D eigenvalue weighted by atomic mass is 16.5. The smallest absolute Gasteiger partial charge is 0.0661 e. The maximum absolute atomic E-state index is 12.7. The number of hydroxylamine groups is 2. The van der Waals surface area contributed by atoms with E-state index >= 15 is 0 Å². The average molecular weight is 270 g/mol. The van der Waals surface area contributed by atoms with Gasteiger partial charge in [0.1, 0.15) is 0 Å². The van der Waals surface area contributed by atoms with Gasteiger partial charge in [-0.25, -0.2) is 0 Å². The van der Waals surface area contributed by atoms with E-state index in [9.17, 15) is 5.21 Å². The van der Waals surface area contributed by atoms with Crippen molar-refractivity contribution >= 4 is 10.8 Å². The molecule has 0 aromatic heterocycles. The SMILES string of the molecule is CC(C)C(c1ccc2ccccc2c1)N([O])C(C)(C)C. The van der Waals surface area contributed by atoms with Crippen molar-refractivity contribution in [3.63, 3.8) is 0 Å². The first-order chi connectivity index (χ1) is 9.30. The molecule has 0 amide bonds. The minimum atomic E-state index is -0.388. The molecule has 0 spiro atoms. The molecule has 0 aliphatic carbocycles. The van der Waals surface area contributed by atoms with Crippen LogP contribution >= 0.6 is 0 Å². The fraction of sp³-hybridized carbons (Fsp3) is 0.444. The number of benzene rings is 2. The van der Waals surface area contributed by atoms with Crippen LogP contribution in [0.2, 0.25) is 0 Å². The summed E-state index contributed by atoms with van der Waals surface area (Å²) in [5, 5.41) is 16.3. The summed E-state index contributed by atoms with van der Waals surface area (Å²) in [5.41, 5.74) is 0.712. The number of nitrogens with zero attached hydrogens (tertiary/aromatic N) is 1. The highest BCUT2D eigenvalue weighted by Crippen LogP contribution is 2.34. The number of rotatable bonds is 3. The Morgan fingerprint density at radius 1 is 0.950 bits per heavy atom. The van der Waals surface area contributed by atoms with Gasteiger partial charge in [0, 0.05) is 5.54 Å². The molecular formula is C18H24NO. The predicted molar refractivity (Wildman–Crippen MR) is 83.8 cm³/mol. The van der Waals surface area contributed by atoms with E-state index in [0.29, 0.717) is 0 Å². The summed E-state index contributed by atoms with van der Waals surface area (Å²) in [5.74, 6) is 0.271. The Morgan fingerprint density at radius 2 is 1.55 bits per heavy atom. The lowest BCUT2D eigenvalue weighted by atomic mass is 9.91. The van der Waals surface area contributed by atoms with Crippen LogP contribution in [0.25, 0.3) is 10.8 Å². The molecule has 107 valence electrons. The molecule has 0 fully saturated rings. The van der Waals surface area contributed by atoms with Crippen molar-refractivity contribution < 1.29 is 5.21 Å². The zero-order valence-electron chi connectivity index (χ0n) is 13.1. The summed E-state index contributed by atoms with van der Waals surface area (Å²) in [7, 11) is 0. The van der Waals surface area contributed by atoms with Crippen LogP contribution in [-0.4, -0.2) is 10.6 Å². The Labute approximate surface area is 122 Å². The van der Waals surface area contributed by atoms with Gasteiger partial charge >= 0.3 is 0 Å². The van der Waals surface area contributed by atoms with E-state index in [1.807, 2.05) is 32.9 Å². The molecule has 2 aromatic carbocycles.